The maximum atomic E-state index is 6.09. The lowest BCUT2D eigenvalue weighted by Crippen LogP contribution is -2.38. The topological polar surface area (TPSA) is 26.0 Å². The molecule has 2 rings (SSSR count). The van der Waals surface area contributed by atoms with Crippen LogP contribution in [-0.4, -0.2) is 6.54 Å². The van der Waals surface area contributed by atoms with Gasteiger partial charge < -0.3 is 5.73 Å². The van der Waals surface area contributed by atoms with Gasteiger partial charge in [0.1, 0.15) is 0 Å². The fraction of sp³-hybridized carbons (Fsp3) is 1.00. The molecule has 0 aromatic carbocycles. The van der Waals surface area contributed by atoms with E-state index in [1.54, 1.807) is 0 Å². The molecule has 1 heteroatoms. The molecule has 0 aromatic rings. The van der Waals surface area contributed by atoms with E-state index >= 15 is 0 Å². The summed E-state index contributed by atoms with van der Waals surface area (Å²) in [5.41, 5.74) is 6.58. The maximum Gasteiger partial charge on any atom is -0.00461 e. The molecular weight excluding hydrogens is 230 g/mol. The van der Waals surface area contributed by atoms with Crippen molar-refractivity contribution in [2.45, 2.75) is 78.6 Å². The Balaban J connectivity index is 2.04. The number of hydrogen-bond acceptors (Lipinski definition) is 1. The monoisotopic (exact) mass is 265 g/mol. The zero-order valence-electron chi connectivity index (χ0n) is 13.5. The molecule has 3 unspecified atom stereocenters. The molecule has 1 nitrogen and oxygen atoms in total. The molecule has 0 saturated heterocycles. The highest BCUT2D eigenvalue weighted by atomic mass is 14.6. The molecule has 0 radical (unpaired) electrons. The molecule has 19 heavy (non-hydrogen) atoms. The molecule has 0 amide bonds. The molecule has 0 heterocycles. The highest BCUT2D eigenvalue weighted by Crippen LogP contribution is 2.47. The average Bonchev–Trinajstić information content (AvgIpc) is 2.65. The molecule has 0 spiro atoms. The van der Waals surface area contributed by atoms with Gasteiger partial charge in [0, 0.05) is 0 Å². The Morgan fingerprint density at radius 3 is 2.05 bits per heavy atom. The first-order valence-corrected chi connectivity index (χ1v) is 8.72. The van der Waals surface area contributed by atoms with Crippen molar-refractivity contribution in [1.82, 2.24) is 0 Å². The Morgan fingerprint density at radius 1 is 0.895 bits per heavy atom. The SMILES string of the molecule is CC(C)(C)C1CCC(CN)C(C2CCCCCC2)C1. The lowest BCUT2D eigenvalue weighted by molar-refractivity contribution is 0.0619. The van der Waals surface area contributed by atoms with E-state index in [4.69, 9.17) is 5.73 Å². The van der Waals surface area contributed by atoms with E-state index in [1.807, 2.05) is 0 Å². The van der Waals surface area contributed by atoms with E-state index in [0.29, 0.717) is 5.41 Å². The first-order valence-electron chi connectivity index (χ1n) is 8.72. The van der Waals surface area contributed by atoms with Gasteiger partial charge in [-0.2, -0.15) is 0 Å². The van der Waals surface area contributed by atoms with Crippen molar-refractivity contribution < 1.29 is 0 Å². The third kappa shape index (κ3) is 3.97. The van der Waals surface area contributed by atoms with E-state index in [2.05, 4.69) is 20.8 Å². The Bertz CT molecular complexity index is 257. The molecule has 0 aromatic heterocycles. The van der Waals surface area contributed by atoms with Gasteiger partial charge in [-0.25, -0.2) is 0 Å². The van der Waals surface area contributed by atoms with E-state index < -0.39 is 0 Å². The Morgan fingerprint density at radius 2 is 1.53 bits per heavy atom. The van der Waals surface area contributed by atoms with Gasteiger partial charge in [-0.05, 0) is 54.9 Å². The van der Waals surface area contributed by atoms with Crippen LogP contribution >= 0.6 is 0 Å². The van der Waals surface area contributed by atoms with Crippen LogP contribution < -0.4 is 5.73 Å². The van der Waals surface area contributed by atoms with Gasteiger partial charge in [0.2, 0.25) is 0 Å². The summed E-state index contributed by atoms with van der Waals surface area (Å²) >= 11 is 0. The minimum absolute atomic E-state index is 0.489. The van der Waals surface area contributed by atoms with Crippen molar-refractivity contribution in [2.75, 3.05) is 6.54 Å². The predicted octanol–water partition coefficient (Wildman–Crippen LogP) is 4.99. The number of hydrogen-bond donors (Lipinski definition) is 1. The van der Waals surface area contributed by atoms with Gasteiger partial charge in [0.05, 0.1) is 0 Å². The number of nitrogens with two attached hydrogens (primary N) is 1. The van der Waals surface area contributed by atoms with Crippen molar-refractivity contribution >= 4 is 0 Å². The standard InChI is InChI=1S/C18H35N/c1-18(2,3)16-11-10-15(13-19)17(12-16)14-8-6-4-5-7-9-14/h14-17H,4-13,19H2,1-3H3. The van der Waals surface area contributed by atoms with Crippen LogP contribution in [0.5, 0.6) is 0 Å². The fourth-order valence-electron chi connectivity index (χ4n) is 4.66. The molecule has 2 aliphatic rings. The molecule has 2 fully saturated rings. The normalized spacial score (nSPS) is 35.1. The van der Waals surface area contributed by atoms with Crippen LogP contribution in [-0.2, 0) is 0 Å². The summed E-state index contributed by atoms with van der Waals surface area (Å²) < 4.78 is 0. The minimum atomic E-state index is 0.489. The Labute approximate surface area is 120 Å². The molecule has 112 valence electrons. The first-order chi connectivity index (χ1) is 9.02. The van der Waals surface area contributed by atoms with Crippen LogP contribution in [0.3, 0.4) is 0 Å². The summed E-state index contributed by atoms with van der Waals surface area (Å²) in [5.74, 6) is 3.66. The number of rotatable bonds is 2. The second-order valence-corrected chi connectivity index (χ2v) is 8.29. The van der Waals surface area contributed by atoms with Crippen LogP contribution in [0.1, 0.15) is 78.6 Å². The fourth-order valence-corrected chi connectivity index (χ4v) is 4.66. The zero-order valence-corrected chi connectivity index (χ0v) is 13.5. The summed E-state index contributed by atoms with van der Waals surface area (Å²) in [6.45, 7) is 8.23. The van der Waals surface area contributed by atoms with Gasteiger partial charge in [0.15, 0.2) is 0 Å². The van der Waals surface area contributed by atoms with E-state index in [-0.39, 0.29) is 0 Å². The summed E-state index contributed by atoms with van der Waals surface area (Å²) in [7, 11) is 0. The first kappa shape index (κ1) is 15.4. The zero-order chi connectivity index (χ0) is 13.9. The quantitative estimate of drug-likeness (QED) is 0.699. The highest BCUT2D eigenvalue weighted by Gasteiger charge is 2.38. The summed E-state index contributed by atoms with van der Waals surface area (Å²) in [4.78, 5) is 0. The highest BCUT2D eigenvalue weighted by molar-refractivity contribution is 4.89. The maximum absolute atomic E-state index is 6.09. The van der Waals surface area contributed by atoms with Gasteiger partial charge in [-0.1, -0.05) is 59.3 Å². The van der Waals surface area contributed by atoms with Crippen molar-refractivity contribution in [1.29, 1.82) is 0 Å². The van der Waals surface area contributed by atoms with Crippen molar-refractivity contribution in [3.8, 4) is 0 Å². The third-order valence-electron chi connectivity index (χ3n) is 6.08. The van der Waals surface area contributed by atoms with Crippen LogP contribution in [0.25, 0.3) is 0 Å². The molecule has 2 saturated carbocycles. The van der Waals surface area contributed by atoms with Crippen LogP contribution in [0.15, 0.2) is 0 Å². The van der Waals surface area contributed by atoms with Gasteiger partial charge in [-0.15, -0.1) is 0 Å². The van der Waals surface area contributed by atoms with Gasteiger partial charge in [-0.3, -0.25) is 0 Å². The molecule has 3 atom stereocenters. The van der Waals surface area contributed by atoms with Crippen molar-refractivity contribution in [3.63, 3.8) is 0 Å². The smallest absolute Gasteiger partial charge is 0.00461 e. The van der Waals surface area contributed by atoms with E-state index in [0.717, 1.165) is 30.2 Å². The third-order valence-corrected chi connectivity index (χ3v) is 6.08. The summed E-state index contributed by atoms with van der Waals surface area (Å²) in [5, 5.41) is 0. The summed E-state index contributed by atoms with van der Waals surface area (Å²) in [6, 6.07) is 0. The van der Waals surface area contributed by atoms with Crippen LogP contribution in [0.2, 0.25) is 0 Å². The minimum Gasteiger partial charge on any atom is -0.330 e. The molecular formula is C18H35N. The van der Waals surface area contributed by atoms with Crippen molar-refractivity contribution in [3.05, 3.63) is 0 Å². The van der Waals surface area contributed by atoms with Crippen LogP contribution in [0.4, 0.5) is 0 Å². The second kappa shape index (κ2) is 6.61. The lowest BCUT2D eigenvalue weighted by atomic mass is 9.61. The average molecular weight is 265 g/mol. The van der Waals surface area contributed by atoms with E-state index in [1.165, 1.54) is 57.8 Å². The Kier molecular flexibility index (Phi) is 5.34. The molecule has 0 aliphatic heterocycles. The summed E-state index contributed by atoms with van der Waals surface area (Å²) in [6.07, 6.45) is 13.1. The lowest BCUT2D eigenvalue weighted by Gasteiger charge is -2.44. The predicted molar refractivity (Wildman–Crippen MR) is 84.0 cm³/mol. The Hall–Kier alpha value is -0.0400. The van der Waals surface area contributed by atoms with Gasteiger partial charge in [0.25, 0.3) is 0 Å². The van der Waals surface area contributed by atoms with E-state index in [9.17, 15) is 0 Å². The molecule has 2 aliphatic carbocycles. The van der Waals surface area contributed by atoms with Crippen LogP contribution in [0, 0.1) is 29.1 Å². The largest absolute Gasteiger partial charge is 0.330 e. The molecule has 0 bridgehead atoms. The second-order valence-electron chi connectivity index (χ2n) is 8.29. The van der Waals surface area contributed by atoms with Crippen molar-refractivity contribution in [2.24, 2.45) is 34.8 Å². The van der Waals surface area contributed by atoms with Gasteiger partial charge >= 0.3 is 0 Å². The molecule has 2 N–H and O–H groups in total.